The Bertz CT molecular complexity index is 199. The second-order valence-corrected chi connectivity index (χ2v) is 2.55. The first-order chi connectivity index (χ1) is 5.29. The first-order valence-electron chi connectivity index (χ1n) is 3.73. The van der Waals surface area contributed by atoms with E-state index in [-0.39, 0.29) is 6.10 Å². The third-order valence-electron chi connectivity index (χ3n) is 1.40. The van der Waals surface area contributed by atoms with Crippen LogP contribution in [0.3, 0.4) is 0 Å². The molecule has 0 radical (unpaired) electrons. The van der Waals surface area contributed by atoms with Crippen LogP contribution in [-0.2, 0) is 6.42 Å². The average Bonchev–Trinajstić information content (AvgIpc) is 2.03. The number of hydrogen-bond acceptors (Lipinski definition) is 3. The number of aryl methyl sites for hydroxylation is 1. The highest BCUT2D eigenvalue weighted by Crippen LogP contribution is 1.97. The summed E-state index contributed by atoms with van der Waals surface area (Å²) in [4.78, 5) is 8.06. The first kappa shape index (κ1) is 8.14. The lowest BCUT2D eigenvalue weighted by atomic mass is 10.2. The van der Waals surface area contributed by atoms with Gasteiger partial charge in [-0.2, -0.15) is 0 Å². The quantitative estimate of drug-likeness (QED) is 0.696. The van der Waals surface area contributed by atoms with E-state index in [1.165, 1.54) is 0 Å². The highest BCUT2D eigenvalue weighted by molar-refractivity contribution is 4.88. The highest BCUT2D eigenvalue weighted by atomic mass is 16.3. The zero-order chi connectivity index (χ0) is 8.10. The van der Waals surface area contributed by atoms with Gasteiger partial charge >= 0.3 is 0 Å². The molecule has 0 aliphatic carbocycles. The number of aliphatic hydroxyl groups is 1. The maximum atomic E-state index is 8.96. The molecule has 3 heteroatoms. The molecule has 3 nitrogen and oxygen atoms in total. The molecule has 0 aromatic carbocycles. The number of hydrogen-bond donors (Lipinski definition) is 1. The minimum Gasteiger partial charge on any atom is -0.393 e. The molecule has 0 saturated carbocycles. The second-order valence-electron chi connectivity index (χ2n) is 2.55. The van der Waals surface area contributed by atoms with E-state index >= 15 is 0 Å². The van der Waals surface area contributed by atoms with Gasteiger partial charge in [0.25, 0.3) is 0 Å². The Balaban J connectivity index is 2.39. The summed E-state index contributed by atoms with van der Waals surface area (Å²) in [5, 5.41) is 8.96. The monoisotopic (exact) mass is 152 g/mol. The van der Waals surface area contributed by atoms with Gasteiger partial charge in [-0.3, -0.25) is 0 Å². The Kier molecular flexibility index (Phi) is 2.98. The summed E-state index contributed by atoms with van der Waals surface area (Å²) in [6.45, 7) is 1.77. The Labute approximate surface area is 66.1 Å². The third-order valence-corrected chi connectivity index (χ3v) is 1.40. The average molecular weight is 152 g/mol. The Morgan fingerprint density at radius 2 is 2.09 bits per heavy atom. The van der Waals surface area contributed by atoms with Crippen molar-refractivity contribution in [1.29, 1.82) is 0 Å². The van der Waals surface area contributed by atoms with Crippen LogP contribution in [0.25, 0.3) is 0 Å². The molecule has 1 heterocycles. The smallest absolute Gasteiger partial charge is 0.128 e. The van der Waals surface area contributed by atoms with Gasteiger partial charge in [0.1, 0.15) is 5.82 Å². The fourth-order valence-corrected chi connectivity index (χ4v) is 0.797. The summed E-state index contributed by atoms with van der Waals surface area (Å²) in [6, 6.07) is 1.78. The fraction of sp³-hybridized carbons (Fsp3) is 0.500. The van der Waals surface area contributed by atoms with Crippen LogP contribution in [0, 0.1) is 0 Å². The second kappa shape index (κ2) is 4.03. The topological polar surface area (TPSA) is 46.0 Å². The molecule has 0 amide bonds. The molecule has 60 valence electrons. The largest absolute Gasteiger partial charge is 0.393 e. The van der Waals surface area contributed by atoms with Gasteiger partial charge in [0, 0.05) is 18.8 Å². The Morgan fingerprint density at radius 1 is 1.45 bits per heavy atom. The normalized spacial score (nSPS) is 12.9. The SMILES string of the molecule is CC(O)CCc1ncccn1. The molecule has 1 N–H and O–H groups in total. The van der Waals surface area contributed by atoms with Crippen molar-refractivity contribution in [2.45, 2.75) is 25.9 Å². The van der Waals surface area contributed by atoms with Gasteiger partial charge in [-0.05, 0) is 19.4 Å². The van der Waals surface area contributed by atoms with E-state index in [1.807, 2.05) is 0 Å². The number of nitrogens with zero attached hydrogens (tertiary/aromatic N) is 2. The molecular formula is C8H12N2O. The molecule has 0 saturated heterocycles. The minimum atomic E-state index is -0.265. The summed E-state index contributed by atoms with van der Waals surface area (Å²) in [7, 11) is 0. The third kappa shape index (κ3) is 3.09. The molecule has 1 unspecified atom stereocenters. The molecule has 11 heavy (non-hydrogen) atoms. The standard InChI is InChI=1S/C8H12N2O/c1-7(11)3-4-8-9-5-2-6-10-8/h2,5-7,11H,3-4H2,1H3. The summed E-state index contributed by atoms with van der Waals surface area (Å²) in [6.07, 6.45) is 4.64. The molecule has 0 aliphatic heterocycles. The van der Waals surface area contributed by atoms with Gasteiger partial charge in [0.2, 0.25) is 0 Å². The van der Waals surface area contributed by atoms with E-state index in [4.69, 9.17) is 5.11 Å². The van der Waals surface area contributed by atoms with Crippen LogP contribution in [0.1, 0.15) is 19.2 Å². The van der Waals surface area contributed by atoms with Gasteiger partial charge in [0.15, 0.2) is 0 Å². The van der Waals surface area contributed by atoms with Crippen molar-refractivity contribution in [3.63, 3.8) is 0 Å². The van der Waals surface area contributed by atoms with Crippen molar-refractivity contribution < 1.29 is 5.11 Å². The van der Waals surface area contributed by atoms with Gasteiger partial charge < -0.3 is 5.11 Å². The predicted molar refractivity (Wildman–Crippen MR) is 42.0 cm³/mol. The maximum absolute atomic E-state index is 8.96. The molecule has 0 fully saturated rings. The molecule has 1 atom stereocenters. The number of aliphatic hydroxyl groups excluding tert-OH is 1. The fourth-order valence-electron chi connectivity index (χ4n) is 0.797. The molecule has 1 aromatic heterocycles. The van der Waals surface area contributed by atoms with Crippen molar-refractivity contribution in [1.82, 2.24) is 9.97 Å². The lowest BCUT2D eigenvalue weighted by Gasteiger charge is -2.01. The van der Waals surface area contributed by atoms with Crippen LogP contribution in [0.2, 0.25) is 0 Å². The Morgan fingerprint density at radius 3 is 2.64 bits per heavy atom. The zero-order valence-electron chi connectivity index (χ0n) is 6.57. The molecule has 1 rings (SSSR count). The van der Waals surface area contributed by atoms with E-state index in [2.05, 4.69) is 9.97 Å². The van der Waals surface area contributed by atoms with Crippen molar-refractivity contribution in [3.8, 4) is 0 Å². The van der Waals surface area contributed by atoms with Gasteiger partial charge in [-0.15, -0.1) is 0 Å². The summed E-state index contributed by atoms with van der Waals surface area (Å²) < 4.78 is 0. The van der Waals surface area contributed by atoms with E-state index in [0.717, 1.165) is 18.7 Å². The van der Waals surface area contributed by atoms with Crippen LogP contribution >= 0.6 is 0 Å². The van der Waals surface area contributed by atoms with Gasteiger partial charge in [-0.1, -0.05) is 0 Å². The van der Waals surface area contributed by atoms with E-state index in [1.54, 1.807) is 25.4 Å². The lowest BCUT2D eigenvalue weighted by Crippen LogP contribution is -2.03. The van der Waals surface area contributed by atoms with Gasteiger partial charge in [-0.25, -0.2) is 9.97 Å². The van der Waals surface area contributed by atoms with E-state index in [0.29, 0.717) is 0 Å². The van der Waals surface area contributed by atoms with Crippen LogP contribution in [-0.4, -0.2) is 21.2 Å². The first-order valence-corrected chi connectivity index (χ1v) is 3.73. The molecule has 0 spiro atoms. The van der Waals surface area contributed by atoms with Crippen molar-refractivity contribution in [2.24, 2.45) is 0 Å². The number of aromatic nitrogens is 2. The van der Waals surface area contributed by atoms with Crippen molar-refractivity contribution in [3.05, 3.63) is 24.3 Å². The summed E-state index contributed by atoms with van der Waals surface area (Å²) >= 11 is 0. The van der Waals surface area contributed by atoms with Crippen LogP contribution in [0.4, 0.5) is 0 Å². The van der Waals surface area contributed by atoms with Crippen molar-refractivity contribution >= 4 is 0 Å². The van der Waals surface area contributed by atoms with E-state index in [9.17, 15) is 0 Å². The maximum Gasteiger partial charge on any atom is 0.128 e. The van der Waals surface area contributed by atoms with Crippen LogP contribution in [0.5, 0.6) is 0 Å². The molecular weight excluding hydrogens is 140 g/mol. The predicted octanol–water partition coefficient (Wildman–Crippen LogP) is 0.790. The number of rotatable bonds is 3. The lowest BCUT2D eigenvalue weighted by molar-refractivity contribution is 0.184. The van der Waals surface area contributed by atoms with Gasteiger partial charge in [0.05, 0.1) is 6.10 Å². The van der Waals surface area contributed by atoms with Crippen LogP contribution < -0.4 is 0 Å². The summed E-state index contributed by atoms with van der Waals surface area (Å²) in [5.41, 5.74) is 0. The van der Waals surface area contributed by atoms with E-state index < -0.39 is 0 Å². The Hall–Kier alpha value is -0.960. The minimum absolute atomic E-state index is 0.265. The molecule has 0 aliphatic rings. The molecule has 0 bridgehead atoms. The highest BCUT2D eigenvalue weighted by Gasteiger charge is 1.98. The zero-order valence-corrected chi connectivity index (χ0v) is 6.57. The van der Waals surface area contributed by atoms with Crippen LogP contribution in [0.15, 0.2) is 18.5 Å². The van der Waals surface area contributed by atoms with Crippen molar-refractivity contribution in [2.75, 3.05) is 0 Å². The summed E-state index contributed by atoms with van der Waals surface area (Å²) in [5.74, 6) is 0.799. The molecule has 1 aromatic rings.